The second-order valence-corrected chi connectivity index (χ2v) is 20.9. The normalized spacial score (nSPS) is 14.5. The fraction of sp³-hybridized carbons (Fsp3) is 0.108. The zero-order valence-electron chi connectivity index (χ0n) is 22.8. The molecule has 41 heavy (non-hydrogen) atoms. The number of hydrogen-bond acceptors (Lipinski definition) is 1. The molecule has 5 aromatic carbocycles. The molecule has 1 saturated carbocycles. The molecule has 0 aliphatic heterocycles. The Balaban J connectivity index is 1.64. The number of para-hydroxylation sites is 1. The monoisotopic (exact) mass is 617 g/mol. The van der Waals surface area contributed by atoms with Crippen LogP contribution in [0.3, 0.4) is 0 Å². The number of benzene rings is 5. The third-order valence-electron chi connectivity index (χ3n) is 8.50. The number of hydrogen-bond donors (Lipinski definition) is 0. The Morgan fingerprint density at radius 2 is 1.22 bits per heavy atom. The molecule has 0 atom stereocenters. The summed E-state index contributed by atoms with van der Waals surface area (Å²) >= 11 is 4.54. The molecule has 1 aliphatic carbocycles. The van der Waals surface area contributed by atoms with E-state index in [1.54, 1.807) is 12.1 Å². The van der Waals surface area contributed by atoms with Crippen LogP contribution >= 0.6 is 20.8 Å². The summed E-state index contributed by atoms with van der Waals surface area (Å²) < 4.78 is 14.2. The molecule has 1 heterocycles. The predicted molar refractivity (Wildman–Crippen MR) is 178 cm³/mol. The molecule has 4 heteroatoms. The average molecular weight is 619 g/mol. The van der Waals surface area contributed by atoms with E-state index >= 15 is 0 Å². The molecule has 0 amide bonds. The molecule has 1 aliphatic rings. The summed E-state index contributed by atoms with van der Waals surface area (Å²) in [5, 5.41) is 1.74. The van der Waals surface area contributed by atoms with Gasteiger partial charge in [0.25, 0.3) is 0 Å². The first-order chi connectivity index (χ1) is 19.9. The average Bonchev–Trinajstić information content (AvgIpc) is 3.87. The second-order valence-electron chi connectivity index (χ2n) is 11.2. The first kappa shape index (κ1) is 26.3. The molecule has 0 bridgehead atoms. The van der Waals surface area contributed by atoms with Crippen LogP contribution in [0.5, 0.6) is 0 Å². The summed E-state index contributed by atoms with van der Waals surface area (Å²) in [5.74, 6) is 0.178. The SMILES string of the molecule is CP(Br)(c1ccccc1)(c1ccccc1)c1ccccc1-c1c(C2CC2)nc2ccccc2c1-c1ccc(F)cc1. The van der Waals surface area contributed by atoms with Crippen LogP contribution in [-0.4, -0.2) is 11.6 Å². The summed E-state index contributed by atoms with van der Waals surface area (Å²) in [7, 11) is 0. The van der Waals surface area contributed by atoms with Crippen LogP contribution in [0, 0.1) is 5.82 Å². The molecular weight excluding hydrogens is 588 g/mol. The maximum atomic E-state index is 14.2. The Kier molecular flexibility index (Phi) is 6.41. The van der Waals surface area contributed by atoms with Crippen LogP contribution in [0.4, 0.5) is 4.39 Å². The van der Waals surface area contributed by atoms with Crippen molar-refractivity contribution < 1.29 is 4.39 Å². The minimum atomic E-state index is -3.14. The van der Waals surface area contributed by atoms with Gasteiger partial charge in [-0.15, -0.1) is 0 Å². The summed E-state index contributed by atoms with van der Waals surface area (Å²) in [6.07, 6.45) is 2.26. The third kappa shape index (κ3) is 4.35. The molecule has 202 valence electrons. The van der Waals surface area contributed by atoms with Crippen LogP contribution in [0.2, 0.25) is 0 Å². The van der Waals surface area contributed by atoms with E-state index in [9.17, 15) is 4.39 Å². The number of fused-ring (bicyclic) bond motifs is 1. The second kappa shape index (κ2) is 10.0. The van der Waals surface area contributed by atoms with E-state index in [2.05, 4.69) is 131 Å². The van der Waals surface area contributed by atoms with Crippen molar-refractivity contribution in [3.63, 3.8) is 0 Å². The molecule has 1 nitrogen and oxygen atoms in total. The van der Waals surface area contributed by atoms with Gasteiger partial charge in [-0.3, -0.25) is 0 Å². The number of rotatable bonds is 6. The van der Waals surface area contributed by atoms with Crippen LogP contribution in [-0.2, 0) is 0 Å². The van der Waals surface area contributed by atoms with Gasteiger partial charge in [0.2, 0.25) is 0 Å². The van der Waals surface area contributed by atoms with Crippen molar-refractivity contribution in [2.24, 2.45) is 0 Å². The Labute approximate surface area is 248 Å². The molecule has 7 rings (SSSR count). The molecule has 0 radical (unpaired) electrons. The number of aromatic nitrogens is 1. The van der Waals surface area contributed by atoms with E-state index in [1.165, 1.54) is 21.5 Å². The molecule has 0 N–H and O–H groups in total. The molecule has 0 unspecified atom stereocenters. The first-order valence-electron chi connectivity index (χ1n) is 14.1. The van der Waals surface area contributed by atoms with E-state index < -0.39 is 5.31 Å². The van der Waals surface area contributed by atoms with Crippen LogP contribution in [0.1, 0.15) is 24.5 Å². The van der Waals surface area contributed by atoms with Gasteiger partial charge in [-0.25, -0.2) is 0 Å². The van der Waals surface area contributed by atoms with Gasteiger partial charge < -0.3 is 0 Å². The van der Waals surface area contributed by atoms with Gasteiger partial charge >= 0.3 is 250 Å². The van der Waals surface area contributed by atoms with E-state index in [-0.39, 0.29) is 5.82 Å². The number of nitrogens with zero attached hydrogens (tertiary/aromatic N) is 1. The van der Waals surface area contributed by atoms with Gasteiger partial charge in [0.05, 0.1) is 0 Å². The van der Waals surface area contributed by atoms with Gasteiger partial charge in [0, 0.05) is 0 Å². The van der Waals surface area contributed by atoms with Gasteiger partial charge in [0.15, 0.2) is 0 Å². The van der Waals surface area contributed by atoms with Gasteiger partial charge in [-0.1, -0.05) is 0 Å². The zero-order chi connectivity index (χ0) is 28.1. The Hall–Kier alpha value is -3.65. The van der Waals surface area contributed by atoms with E-state index in [1.807, 2.05) is 12.1 Å². The topological polar surface area (TPSA) is 12.9 Å². The molecule has 1 aromatic heterocycles. The fourth-order valence-corrected chi connectivity index (χ4v) is 12.4. The van der Waals surface area contributed by atoms with Crippen LogP contribution < -0.4 is 15.9 Å². The van der Waals surface area contributed by atoms with Gasteiger partial charge in [-0.2, -0.15) is 0 Å². The van der Waals surface area contributed by atoms with Gasteiger partial charge in [-0.05, 0) is 0 Å². The number of pyridine rings is 1. The van der Waals surface area contributed by atoms with Crippen molar-refractivity contribution in [1.82, 2.24) is 4.98 Å². The van der Waals surface area contributed by atoms with E-state index in [0.29, 0.717) is 5.92 Å². The van der Waals surface area contributed by atoms with Crippen LogP contribution in [0.25, 0.3) is 33.2 Å². The molecule has 0 saturated heterocycles. The standard InChI is InChI=1S/C37H30BrFNP/c1-41(38,29-12-4-2-5-13-29,30-14-6-3-7-15-30)34-19-11-9-17-32(34)36-35(26-22-24-28(39)25-23-26)31-16-8-10-18-33(31)40-37(36)27-20-21-27/h2-19,22-25,27H,20-21H2,1H3. The summed E-state index contributed by atoms with van der Waals surface area (Å²) in [6, 6.07) is 45.8. The quantitative estimate of drug-likeness (QED) is 0.170. The van der Waals surface area contributed by atoms with Crippen molar-refractivity contribution in [2.45, 2.75) is 18.8 Å². The van der Waals surface area contributed by atoms with Crippen molar-refractivity contribution in [1.29, 1.82) is 0 Å². The third-order valence-corrected chi connectivity index (χ3v) is 16.7. The first-order valence-corrected chi connectivity index (χ1v) is 18.8. The Morgan fingerprint density at radius 1 is 0.659 bits per heavy atom. The summed E-state index contributed by atoms with van der Waals surface area (Å²) in [4.78, 5) is 5.33. The van der Waals surface area contributed by atoms with Crippen molar-refractivity contribution in [3.05, 3.63) is 145 Å². The Bertz CT molecular complexity index is 1840. The van der Waals surface area contributed by atoms with Crippen molar-refractivity contribution in [3.8, 4) is 22.3 Å². The summed E-state index contributed by atoms with van der Waals surface area (Å²) in [5.41, 5.74) is 6.59. The number of halogens is 2. The molecule has 0 spiro atoms. The van der Waals surface area contributed by atoms with Gasteiger partial charge in [0.1, 0.15) is 0 Å². The van der Waals surface area contributed by atoms with Crippen molar-refractivity contribution in [2.75, 3.05) is 6.66 Å². The fourth-order valence-electron chi connectivity index (χ4n) is 6.21. The predicted octanol–water partition coefficient (Wildman–Crippen LogP) is 9.35. The maximum absolute atomic E-state index is 14.2. The molecular formula is C37H30BrFNP. The van der Waals surface area contributed by atoms with Crippen molar-refractivity contribution >= 4 is 47.6 Å². The van der Waals surface area contributed by atoms with Crippen LogP contribution in [0.15, 0.2) is 133 Å². The molecule has 1 fully saturated rings. The Morgan fingerprint density at radius 3 is 1.85 bits per heavy atom. The summed E-state index contributed by atoms with van der Waals surface area (Å²) in [6.45, 7) is 2.40. The molecule has 6 aromatic rings. The zero-order valence-corrected chi connectivity index (χ0v) is 25.3. The van der Waals surface area contributed by atoms with E-state index in [4.69, 9.17) is 4.98 Å². The minimum absolute atomic E-state index is 0.233. The van der Waals surface area contributed by atoms with E-state index in [0.717, 1.165) is 46.1 Å².